The molecule has 5 rings (SSSR count). The lowest BCUT2D eigenvalue weighted by atomic mass is 10.2. The first-order chi connectivity index (χ1) is 16.1. The average Bonchev–Trinajstić information content (AvgIpc) is 3.37. The Kier molecular flexibility index (Phi) is 6.10. The molecule has 1 aromatic carbocycles. The number of nitrogens with one attached hydrogen (secondary N) is 2. The van der Waals surface area contributed by atoms with Crippen molar-refractivity contribution in [3.63, 3.8) is 0 Å². The Bertz CT molecular complexity index is 1130. The number of benzene rings is 1. The molecular weight excluding hydrogens is 422 g/mol. The van der Waals surface area contributed by atoms with Crippen molar-refractivity contribution in [2.45, 2.75) is 31.3 Å². The monoisotopic (exact) mass is 451 g/mol. The Labute approximate surface area is 192 Å². The minimum absolute atomic E-state index is 0.250. The van der Waals surface area contributed by atoms with Gasteiger partial charge in [-0.05, 0) is 25.3 Å². The van der Waals surface area contributed by atoms with Gasteiger partial charge in [-0.3, -0.25) is 9.48 Å². The van der Waals surface area contributed by atoms with E-state index < -0.39 is 0 Å². The SMILES string of the molecule is COCCOc1cc2nn(C)cc2cc1NC(=O)c1cnc(N2CCC(NC3CC3)C2)cn1. The van der Waals surface area contributed by atoms with Crippen LogP contribution in [0.25, 0.3) is 10.9 Å². The minimum atomic E-state index is -0.344. The fourth-order valence-electron chi connectivity index (χ4n) is 4.10. The van der Waals surface area contributed by atoms with Gasteiger partial charge in [-0.25, -0.2) is 9.97 Å². The number of anilines is 2. The van der Waals surface area contributed by atoms with Crippen LogP contribution in [0.1, 0.15) is 29.8 Å². The Morgan fingerprint density at radius 1 is 1.15 bits per heavy atom. The highest BCUT2D eigenvalue weighted by Gasteiger charge is 2.29. The van der Waals surface area contributed by atoms with Crippen molar-refractivity contribution in [1.82, 2.24) is 25.1 Å². The number of rotatable bonds is 9. The predicted octanol–water partition coefficient (Wildman–Crippen LogP) is 1.97. The number of hydrogen-bond acceptors (Lipinski definition) is 8. The molecule has 1 saturated heterocycles. The molecule has 2 aromatic heterocycles. The number of ether oxygens (including phenoxy) is 2. The number of fused-ring (bicyclic) bond motifs is 1. The molecule has 10 nitrogen and oxygen atoms in total. The number of carbonyl (C=O) groups excluding carboxylic acids is 1. The van der Waals surface area contributed by atoms with Gasteiger partial charge < -0.3 is 25.0 Å². The van der Waals surface area contributed by atoms with Crippen LogP contribution in [0.2, 0.25) is 0 Å². The second-order valence-electron chi connectivity index (χ2n) is 8.64. The Hall–Kier alpha value is -3.24. The molecule has 1 aliphatic heterocycles. The van der Waals surface area contributed by atoms with Gasteiger partial charge >= 0.3 is 0 Å². The third kappa shape index (κ3) is 5.07. The van der Waals surface area contributed by atoms with Crippen LogP contribution in [0.4, 0.5) is 11.5 Å². The summed E-state index contributed by atoms with van der Waals surface area (Å²) in [6, 6.07) is 4.86. The molecule has 174 valence electrons. The van der Waals surface area contributed by atoms with E-state index in [4.69, 9.17) is 9.47 Å². The van der Waals surface area contributed by atoms with Gasteiger partial charge in [0.1, 0.15) is 23.9 Å². The Morgan fingerprint density at radius 2 is 2.03 bits per heavy atom. The zero-order valence-corrected chi connectivity index (χ0v) is 19.0. The van der Waals surface area contributed by atoms with Crippen LogP contribution in [-0.2, 0) is 11.8 Å². The Balaban J connectivity index is 1.28. The molecule has 0 radical (unpaired) electrons. The van der Waals surface area contributed by atoms with Crippen molar-refractivity contribution >= 4 is 28.3 Å². The van der Waals surface area contributed by atoms with E-state index in [0.717, 1.165) is 36.2 Å². The van der Waals surface area contributed by atoms with Crippen molar-refractivity contribution in [3.05, 3.63) is 36.4 Å². The van der Waals surface area contributed by atoms with Crippen molar-refractivity contribution in [3.8, 4) is 5.75 Å². The highest BCUT2D eigenvalue weighted by molar-refractivity contribution is 6.04. The molecule has 1 saturated carbocycles. The largest absolute Gasteiger partial charge is 0.489 e. The number of hydrogen-bond donors (Lipinski definition) is 2. The molecule has 0 bridgehead atoms. The van der Waals surface area contributed by atoms with E-state index in [-0.39, 0.29) is 11.6 Å². The summed E-state index contributed by atoms with van der Waals surface area (Å²) in [5.74, 6) is 0.984. The fraction of sp³-hybridized carbons (Fsp3) is 0.478. The van der Waals surface area contributed by atoms with Gasteiger partial charge in [0.25, 0.3) is 5.91 Å². The lowest BCUT2D eigenvalue weighted by molar-refractivity contribution is 0.102. The third-order valence-corrected chi connectivity index (χ3v) is 5.95. The summed E-state index contributed by atoms with van der Waals surface area (Å²) >= 11 is 0. The van der Waals surface area contributed by atoms with E-state index in [1.807, 2.05) is 25.4 Å². The van der Waals surface area contributed by atoms with Gasteiger partial charge in [0.2, 0.25) is 0 Å². The first-order valence-electron chi connectivity index (χ1n) is 11.3. The van der Waals surface area contributed by atoms with Crippen LogP contribution in [0, 0.1) is 0 Å². The molecule has 0 spiro atoms. The van der Waals surface area contributed by atoms with Crippen LogP contribution in [0.15, 0.2) is 30.7 Å². The van der Waals surface area contributed by atoms with Crippen LogP contribution in [0.5, 0.6) is 5.75 Å². The van der Waals surface area contributed by atoms with E-state index in [1.165, 1.54) is 19.0 Å². The van der Waals surface area contributed by atoms with Gasteiger partial charge in [0.15, 0.2) is 0 Å². The summed E-state index contributed by atoms with van der Waals surface area (Å²) in [6.07, 6.45) is 8.76. The quantitative estimate of drug-likeness (QED) is 0.476. The molecule has 10 heteroatoms. The van der Waals surface area contributed by atoms with Gasteiger partial charge in [-0.15, -0.1) is 0 Å². The fourth-order valence-corrected chi connectivity index (χ4v) is 4.10. The zero-order valence-electron chi connectivity index (χ0n) is 19.0. The van der Waals surface area contributed by atoms with E-state index in [0.29, 0.717) is 36.7 Å². The zero-order chi connectivity index (χ0) is 22.8. The van der Waals surface area contributed by atoms with Crippen LogP contribution < -0.4 is 20.3 Å². The normalized spacial score (nSPS) is 18.1. The first kappa shape index (κ1) is 21.6. The number of nitrogens with zero attached hydrogens (tertiary/aromatic N) is 5. The van der Waals surface area contributed by atoms with Gasteiger partial charge in [0, 0.05) is 57.0 Å². The topological polar surface area (TPSA) is 106 Å². The van der Waals surface area contributed by atoms with E-state index >= 15 is 0 Å². The number of methoxy groups -OCH3 is 1. The summed E-state index contributed by atoms with van der Waals surface area (Å²) in [6.45, 7) is 2.66. The van der Waals surface area contributed by atoms with Gasteiger partial charge in [0.05, 0.1) is 30.2 Å². The standard InChI is InChI=1S/C23H29N7O3/c1-29-13-15-9-19(21(10-18(15)28-29)33-8-7-32-2)27-23(31)20-11-25-22(12-24-20)30-6-5-17(14-30)26-16-3-4-16/h9-13,16-17,26H,3-8,14H2,1-2H3,(H,27,31). The predicted molar refractivity (Wildman–Crippen MR) is 125 cm³/mol. The number of carbonyl (C=O) groups is 1. The number of amides is 1. The van der Waals surface area contributed by atoms with Crippen molar-refractivity contribution in [2.24, 2.45) is 7.05 Å². The summed E-state index contributed by atoms with van der Waals surface area (Å²) < 4.78 is 12.6. The molecule has 2 fully saturated rings. The van der Waals surface area contributed by atoms with Crippen molar-refractivity contribution in [2.75, 3.05) is 43.6 Å². The molecule has 1 amide bonds. The molecule has 3 heterocycles. The number of aryl methyl sites for hydroxylation is 1. The van der Waals surface area contributed by atoms with Crippen LogP contribution in [0.3, 0.4) is 0 Å². The Morgan fingerprint density at radius 3 is 2.79 bits per heavy atom. The summed E-state index contributed by atoms with van der Waals surface area (Å²) in [7, 11) is 3.47. The van der Waals surface area contributed by atoms with E-state index in [2.05, 4.69) is 30.6 Å². The maximum absolute atomic E-state index is 12.9. The summed E-state index contributed by atoms with van der Waals surface area (Å²) in [5, 5.41) is 11.9. The average molecular weight is 452 g/mol. The minimum Gasteiger partial charge on any atom is -0.489 e. The highest BCUT2D eigenvalue weighted by atomic mass is 16.5. The summed E-state index contributed by atoms with van der Waals surface area (Å²) in [5.41, 5.74) is 1.59. The first-order valence-corrected chi connectivity index (χ1v) is 11.3. The molecule has 1 atom stereocenters. The lowest BCUT2D eigenvalue weighted by Crippen LogP contribution is -2.34. The molecule has 1 aliphatic carbocycles. The number of aromatic nitrogens is 4. The summed E-state index contributed by atoms with van der Waals surface area (Å²) in [4.78, 5) is 24.0. The van der Waals surface area contributed by atoms with Crippen molar-refractivity contribution in [1.29, 1.82) is 0 Å². The van der Waals surface area contributed by atoms with Gasteiger partial charge in [-0.2, -0.15) is 5.10 Å². The molecule has 3 aromatic rings. The molecular formula is C23H29N7O3. The molecule has 2 N–H and O–H groups in total. The molecule has 1 unspecified atom stereocenters. The van der Waals surface area contributed by atoms with Crippen molar-refractivity contribution < 1.29 is 14.3 Å². The maximum Gasteiger partial charge on any atom is 0.275 e. The van der Waals surface area contributed by atoms with Crippen LogP contribution >= 0.6 is 0 Å². The second kappa shape index (κ2) is 9.32. The van der Waals surface area contributed by atoms with E-state index in [9.17, 15) is 4.79 Å². The van der Waals surface area contributed by atoms with E-state index in [1.54, 1.807) is 18.0 Å². The second-order valence-corrected chi connectivity index (χ2v) is 8.64. The molecule has 33 heavy (non-hydrogen) atoms. The third-order valence-electron chi connectivity index (χ3n) is 5.95. The molecule has 2 aliphatic rings. The highest BCUT2D eigenvalue weighted by Crippen LogP contribution is 2.30. The maximum atomic E-state index is 12.9. The lowest BCUT2D eigenvalue weighted by Gasteiger charge is -2.17. The van der Waals surface area contributed by atoms with Gasteiger partial charge in [-0.1, -0.05) is 0 Å². The van der Waals surface area contributed by atoms with Crippen LogP contribution in [-0.4, -0.2) is 71.2 Å². The smallest absolute Gasteiger partial charge is 0.275 e.